The number of hydrogen-bond donors (Lipinski definition) is 3. The van der Waals surface area contributed by atoms with E-state index in [9.17, 15) is 24.6 Å². The fourth-order valence-electron chi connectivity index (χ4n) is 6.75. The molecule has 0 aliphatic heterocycles. The van der Waals surface area contributed by atoms with Gasteiger partial charge in [0, 0.05) is 69.1 Å². The van der Waals surface area contributed by atoms with Crippen LogP contribution in [0.4, 0.5) is 5.13 Å². The van der Waals surface area contributed by atoms with Crippen molar-refractivity contribution >= 4 is 34.2 Å². The van der Waals surface area contributed by atoms with Crippen LogP contribution >= 0.6 is 11.3 Å². The number of carbonyl (C=O) groups is 3. The minimum absolute atomic E-state index is 0.0997. The van der Waals surface area contributed by atoms with Crippen molar-refractivity contribution in [3.8, 4) is 0 Å². The Hall–Kier alpha value is -3.94. The highest BCUT2D eigenvalue weighted by molar-refractivity contribution is 7.13. The summed E-state index contributed by atoms with van der Waals surface area (Å²) in [5.41, 5.74) is 8.17. The molecule has 51 heavy (non-hydrogen) atoms. The molecule has 12 nitrogen and oxygen atoms in total. The number of nitrogen functional groups attached to an aromatic ring is 1. The third-order valence-corrected chi connectivity index (χ3v) is 10.3. The molecular formula is C38H55N7O5S. The number of nitrogens with zero attached hydrogens (tertiary/aromatic N) is 6. The Balaban J connectivity index is 1.51. The number of hydrogen-bond acceptors (Lipinski definition) is 10. The molecule has 0 radical (unpaired) electrons. The average Bonchev–Trinajstić information content (AvgIpc) is 3.55. The zero-order valence-electron chi connectivity index (χ0n) is 30.3. The van der Waals surface area contributed by atoms with E-state index in [0.29, 0.717) is 42.6 Å². The number of rotatable bonds is 19. The molecule has 1 saturated carbocycles. The highest BCUT2D eigenvalue weighted by Gasteiger charge is 2.37. The number of amides is 3. The molecule has 0 aromatic carbocycles. The van der Waals surface area contributed by atoms with Crippen LogP contribution in [0.5, 0.6) is 0 Å². The summed E-state index contributed by atoms with van der Waals surface area (Å²) in [6.07, 6.45) is 9.41. The highest BCUT2D eigenvalue weighted by Crippen LogP contribution is 2.32. The number of thiazole rings is 1. The number of carbonyl (C=O) groups excluding carboxylic acids is 3. The zero-order chi connectivity index (χ0) is 36.8. The van der Waals surface area contributed by atoms with Crippen molar-refractivity contribution in [3.63, 3.8) is 0 Å². The second-order valence-corrected chi connectivity index (χ2v) is 15.1. The van der Waals surface area contributed by atoms with Gasteiger partial charge in [-0.2, -0.15) is 0 Å². The van der Waals surface area contributed by atoms with Gasteiger partial charge < -0.3 is 30.6 Å². The Kier molecular flexibility index (Phi) is 15.8. The Morgan fingerprint density at radius 1 is 0.961 bits per heavy atom. The monoisotopic (exact) mass is 721 g/mol. The van der Waals surface area contributed by atoms with E-state index in [1.807, 2.05) is 38.1 Å². The van der Waals surface area contributed by atoms with Gasteiger partial charge in [0.25, 0.3) is 0 Å². The summed E-state index contributed by atoms with van der Waals surface area (Å²) in [5.74, 6) is -0.454. The van der Waals surface area contributed by atoms with Crippen LogP contribution in [-0.2, 0) is 33.9 Å². The van der Waals surface area contributed by atoms with E-state index >= 15 is 0 Å². The normalized spacial score (nSPS) is 15.3. The molecule has 278 valence electrons. The number of anilines is 1. The van der Waals surface area contributed by atoms with Gasteiger partial charge in [0.1, 0.15) is 12.6 Å². The predicted octanol–water partition coefficient (Wildman–Crippen LogP) is 4.46. The molecule has 3 atom stereocenters. The maximum atomic E-state index is 14.2. The van der Waals surface area contributed by atoms with Gasteiger partial charge in [-0.25, -0.2) is 4.98 Å². The van der Waals surface area contributed by atoms with Crippen LogP contribution in [0.15, 0.2) is 54.3 Å². The second-order valence-electron chi connectivity index (χ2n) is 14.2. The van der Waals surface area contributed by atoms with E-state index in [4.69, 9.17) is 5.73 Å². The van der Waals surface area contributed by atoms with E-state index in [1.54, 1.807) is 46.9 Å². The number of pyridine rings is 2. The van der Waals surface area contributed by atoms with Crippen molar-refractivity contribution in [2.75, 3.05) is 25.9 Å². The Labute approximate surface area is 306 Å². The molecule has 3 aromatic heterocycles. The van der Waals surface area contributed by atoms with E-state index in [-0.39, 0.29) is 56.1 Å². The molecule has 1 aliphatic rings. The molecule has 4 N–H and O–H groups in total. The minimum Gasteiger partial charge on any atom is -0.390 e. The number of likely N-dealkylation sites (N-methyl/N-ethyl adjacent to an activating group) is 1. The summed E-state index contributed by atoms with van der Waals surface area (Å²) >= 11 is 1.27. The van der Waals surface area contributed by atoms with Crippen molar-refractivity contribution in [3.05, 3.63) is 71.3 Å². The van der Waals surface area contributed by atoms with Gasteiger partial charge in [-0.15, -0.1) is 11.3 Å². The fraction of sp³-hybridized carbons (Fsp3) is 0.579. The lowest BCUT2D eigenvalue weighted by Crippen LogP contribution is -2.52. The summed E-state index contributed by atoms with van der Waals surface area (Å²) in [7, 11) is 1.70. The van der Waals surface area contributed by atoms with Crippen LogP contribution in [-0.4, -0.2) is 96.0 Å². The van der Waals surface area contributed by atoms with Crippen LogP contribution in [0, 0.1) is 11.8 Å². The average molecular weight is 722 g/mol. The molecule has 0 spiro atoms. The molecule has 3 aromatic rings. The topological polar surface area (TPSA) is 166 Å². The largest absolute Gasteiger partial charge is 0.390 e. The summed E-state index contributed by atoms with van der Waals surface area (Å²) in [4.78, 5) is 59.0. The maximum Gasteiger partial charge on any atom is 0.241 e. The quantitative estimate of drug-likeness (QED) is 0.162. The second kappa shape index (κ2) is 20.2. The molecule has 1 fully saturated rings. The smallest absolute Gasteiger partial charge is 0.241 e. The first kappa shape index (κ1) is 39.8. The standard InChI is InChI=1S/C38H55N7O5S/c1-27(2)20-33(46)37(50)32(21-28-10-5-4-6-11-28)45(24-31-26-51-38(39)42-31)35(48)15-14-34(47)44(23-29-12-9-17-40-22-29)25-36(49)43(3)19-16-30-13-7-8-18-41-30/h7-9,12-13,17-18,22,26-28,32-33,37,46,50H,4-6,10-11,14-16,19-21,23-25H2,1-3H3,(H2,39,42)/t32-,33-,37+/m0/s1. The van der Waals surface area contributed by atoms with Gasteiger partial charge in [0.2, 0.25) is 17.7 Å². The highest BCUT2D eigenvalue weighted by atomic mass is 32.1. The Morgan fingerprint density at radius 2 is 1.73 bits per heavy atom. The number of nitrogens with two attached hydrogens (primary N) is 1. The first-order valence-electron chi connectivity index (χ1n) is 18.2. The van der Waals surface area contributed by atoms with Crippen LogP contribution in [0.2, 0.25) is 0 Å². The minimum atomic E-state index is -1.17. The zero-order valence-corrected chi connectivity index (χ0v) is 31.1. The third kappa shape index (κ3) is 13.0. The number of aliphatic hydroxyl groups is 2. The Bertz CT molecular complexity index is 1500. The van der Waals surface area contributed by atoms with Crippen LogP contribution in [0.3, 0.4) is 0 Å². The van der Waals surface area contributed by atoms with Crippen molar-refractivity contribution < 1.29 is 24.6 Å². The summed E-state index contributed by atoms with van der Waals surface area (Å²) in [5, 5.41) is 24.9. The summed E-state index contributed by atoms with van der Waals surface area (Å²) in [6, 6.07) is 8.59. The number of aromatic nitrogens is 3. The van der Waals surface area contributed by atoms with Crippen molar-refractivity contribution in [2.24, 2.45) is 11.8 Å². The van der Waals surface area contributed by atoms with E-state index in [0.717, 1.165) is 36.9 Å². The van der Waals surface area contributed by atoms with Crippen LogP contribution in [0.25, 0.3) is 0 Å². The van der Waals surface area contributed by atoms with Crippen molar-refractivity contribution in [1.82, 2.24) is 29.7 Å². The van der Waals surface area contributed by atoms with Crippen LogP contribution in [0.1, 0.15) is 88.6 Å². The van der Waals surface area contributed by atoms with E-state index in [1.165, 1.54) is 22.7 Å². The molecular weight excluding hydrogens is 667 g/mol. The first-order chi connectivity index (χ1) is 24.5. The predicted molar refractivity (Wildman–Crippen MR) is 198 cm³/mol. The van der Waals surface area contributed by atoms with Gasteiger partial charge in [0.05, 0.1) is 24.4 Å². The van der Waals surface area contributed by atoms with Gasteiger partial charge in [0.15, 0.2) is 5.13 Å². The van der Waals surface area contributed by atoms with Gasteiger partial charge in [-0.05, 0) is 48.4 Å². The summed E-state index contributed by atoms with van der Waals surface area (Å²) < 4.78 is 0. The third-order valence-electron chi connectivity index (χ3n) is 9.61. The molecule has 1 aliphatic carbocycles. The molecule has 3 amide bonds. The van der Waals surface area contributed by atoms with Gasteiger partial charge >= 0.3 is 0 Å². The number of aliphatic hydroxyl groups excluding tert-OH is 2. The molecule has 4 rings (SSSR count). The lowest BCUT2D eigenvalue weighted by atomic mass is 9.81. The van der Waals surface area contributed by atoms with Crippen molar-refractivity contribution in [1.29, 1.82) is 0 Å². The maximum absolute atomic E-state index is 14.2. The molecule has 0 saturated heterocycles. The SMILES string of the molecule is CC(C)C[C@H](O)[C@H](O)[C@H](CC1CCCCC1)N(Cc1csc(N)n1)C(=O)CCC(=O)N(CC(=O)N(C)CCc1ccccn1)Cc1cccnc1. The van der Waals surface area contributed by atoms with Gasteiger partial charge in [-0.1, -0.05) is 58.1 Å². The van der Waals surface area contributed by atoms with Crippen LogP contribution < -0.4 is 5.73 Å². The molecule has 3 heterocycles. The molecule has 0 unspecified atom stereocenters. The molecule has 0 bridgehead atoms. The van der Waals surface area contributed by atoms with E-state index in [2.05, 4.69) is 15.0 Å². The first-order valence-corrected chi connectivity index (χ1v) is 19.0. The van der Waals surface area contributed by atoms with E-state index < -0.39 is 18.2 Å². The lowest BCUT2D eigenvalue weighted by Gasteiger charge is -2.39. The van der Waals surface area contributed by atoms with Gasteiger partial charge in [-0.3, -0.25) is 24.4 Å². The molecule has 13 heteroatoms. The van der Waals surface area contributed by atoms with Crippen molar-refractivity contribution in [2.45, 2.75) is 109 Å². The summed E-state index contributed by atoms with van der Waals surface area (Å²) in [6.45, 7) is 4.51. The fourth-order valence-corrected chi connectivity index (χ4v) is 7.31. The Morgan fingerprint density at radius 3 is 2.37 bits per heavy atom. The lowest BCUT2D eigenvalue weighted by molar-refractivity contribution is -0.145.